The van der Waals surface area contributed by atoms with E-state index in [2.05, 4.69) is 5.32 Å². The third-order valence-electron chi connectivity index (χ3n) is 4.97. The van der Waals surface area contributed by atoms with Crippen LogP contribution in [0.25, 0.3) is 0 Å². The van der Waals surface area contributed by atoms with E-state index in [-0.39, 0.29) is 18.9 Å². The molecule has 0 spiro atoms. The molecule has 0 fully saturated rings. The van der Waals surface area contributed by atoms with Gasteiger partial charge in [0.05, 0.1) is 6.61 Å². The molecule has 6 heteroatoms. The van der Waals surface area contributed by atoms with Crippen molar-refractivity contribution in [3.63, 3.8) is 0 Å². The van der Waals surface area contributed by atoms with Crippen LogP contribution in [-0.4, -0.2) is 37.4 Å². The maximum Gasteiger partial charge on any atom is 0.325 e. The number of ketones is 1. The maximum absolute atomic E-state index is 12.5. The van der Waals surface area contributed by atoms with Gasteiger partial charge in [-0.25, -0.2) is 0 Å². The minimum absolute atomic E-state index is 0.264. The summed E-state index contributed by atoms with van der Waals surface area (Å²) in [5.41, 5.74) is 5.06. The maximum atomic E-state index is 12.5. The second kappa shape index (κ2) is 9.87. The SMILES string of the molecule is CCOc1ccc(C(=O)NCC(=O)OCC(=O)c2cc(C)c(C)c(C)c2C)cc1. The Labute approximate surface area is 171 Å². The second-order valence-electron chi connectivity index (χ2n) is 6.84. The molecule has 2 aromatic rings. The molecule has 0 radical (unpaired) electrons. The van der Waals surface area contributed by atoms with Crippen molar-refractivity contribution in [2.24, 2.45) is 0 Å². The molecule has 1 amide bonds. The highest BCUT2D eigenvalue weighted by atomic mass is 16.5. The van der Waals surface area contributed by atoms with Crippen LogP contribution in [0, 0.1) is 27.7 Å². The van der Waals surface area contributed by atoms with Crippen molar-refractivity contribution in [3.8, 4) is 5.75 Å². The Morgan fingerprint density at radius 2 is 1.59 bits per heavy atom. The summed E-state index contributed by atoms with van der Waals surface area (Å²) in [6.45, 7) is 9.55. The Morgan fingerprint density at radius 3 is 2.21 bits per heavy atom. The Balaban J connectivity index is 1.87. The van der Waals surface area contributed by atoms with E-state index in [9.17, 15) is 14.4 Å². The second-order valence-corrected chi connectivity index (χ2v) is 6.84. The standard InChI is InChI=1S/C23H27NO5/c1-6-28-19-9-7-18(8-10-19)23(27)24-12-22(26)29-13-21(25)20-11-14(2)15(3)16(4)17(20)5/h7-11H,6,12-13H2,1-5H3,(H,24,27). The molecular weight excluding hydrogens is 370 g/mol. The van der Waals surface area contributed by atoms with Gasteiger partial charge in [-0.3, -0.25) is 14.4 Å². The van der Waals surface area contributed by atoms with Gasteiger partial charge in [0.2, 0.25) is 5.78 Å². The van der Waals surface area contributed by atoms with Crippen molar-refractivity contribution in [3.05, 3.63) is 63.7 Å². The van der Waals surface area contributed by atoms with Crippen LogP contribution in [-0.2, 0) is 9.53 Å². The molecule has 2 aromatic carbocycles. The summed E-state index contributed by atoms with van der Waals surface area (Å²) in [4.78, 5) is 36.5. The largest absolute Gasteiger partial charge is 0.494 e. The molecule has 0 heterocycles. The molecule has 0 atom stereocenters. The first-order valence-corrected chi connectivity index (χ1v) is 9.51. The molecule has 6 nitrogen and oxygen atoms in total. The number of rotatable bonds is 8. The quantitative estimate of drug-likeness (QED) is 0.545. The van der Waals surface area contributed by atoms with Gasteiger partial charge in [-0.2, -0.15) is 0 Å². The number of esters is 1. The van der Waals surface area contributed by atoms with Crippen molar-refractivity contribution in [2.45, 2.75) is 34.6 Å². The fraction of sp³-hybridized carbons (Fsp3) is 0.348. The van der Waals surface area contributed by atoms with Gasteiger partial charge in [0, 0.05) is 11.1 Å². The van der Waals surface area contributed by atoms with E-state index >= 15 is 0 Å². The van der Waals surface area contributed by atoms with Crippen LogP contribution < -0.4 is 10.1 Å². The number of carbonyl (C=O) groups excluding carboxylic acids is 3. The number of benzene rings is 2. The summed E-state index contributed by atoms with van der Waals surface area (Å²) in [5.74, 6) is -0.675. The third kappa shape index (κ3) is 5.67. The molecule has 154 valence electrons. The topological polar surface area (TPSA) is 81.7 Å². The van der Waals surface area contributed by atoms with Gasteiger partial charge in [-0.05, 0) is 87.2 Å². The molecule has 0 aliphatic rings. The Morgan fingerprint density at radius 1 is 0.931 bits per heavy atom. The fourth-order valence-corrected chi connectivity index (χ4v) is 2.90. The molecule has 0 saturated carbocycles. The number of amides is 1. The van der Waals surface area contributed by atoms with E-state index in [0.717, 1.165) is 22.3 Å². The highest BCUT2D eigenvalue weighted by Gasteiger charge is 2.16. The lowest BCUT2D eigenvalue weighted by molar-refractivity contribution is -0.141. The average molecular weight is 397 g/mol. The number of Topliss-reactive ketones (excluding diaryl/α,β-unsaturated/α-hetero) is 1. The van der Waals surface area contributed by atoms with E-state index < -0.39 is 11.9 Å². The van der Waals surface area contributed by atoms with Crippen molar-refractivity contribution < 1.29 is 23.9 Å². The Kier molecular flexibility index (Phi) is 7.53. The van der Waals surface area contributed by atoms with Gasteiger partial charge < -0.3 is 14.8 Å². The zero-order valence-corrected chi connectivity index (χ0v) is 17.5. The Hall–Kier alpha value is -3.15. The first-order valence-electron chi connectivity index (χ1n) is 9.51. The first kappa shape index (κ1) is 22.1. The lowest BCUT2D eigenvalue weighted by Gasteiger charge is -2.13. The average Bonchev–Trinajstić information content (AvgIpc) is 2.72. The zero-order valence-electron chi connectivity index (χ0n) is 17.5. The zero-order chi connectivity index (χ0) is 21.6. The summed E-state index contributed by atoms with van der Waals surface area (Å²) in [6.07, 6.45) is 0. The van der Waals surface area contributed by atoms with Crippen LogP contribution in [0.2, 0.25) is 0 Å². The molecular formula is C23H27NO5. The molecule has 0 unspecified atom stereocenters. The molecule has 1 N–H and O–H groups in total. The number of nitrogens with one attached hydrogen (secondary N) is 1. The summed E-state index contributed by atoms with van der Waals surface area (Å²) in [5, 5.41) is 2.49. The summed E-state index contributed by atoms with van der Waals surface area (Å²) >= 11 is 0. The molecule has 0 saturated heterocycles. The van der Waals surface area contributed by atoms with Crippen LogP contribution >= 0.6 is 0 Å². The Bertz CT molecular complexity index is 916. The minimum Gasteiger partial charge on any atom is -0.494 e. The van der Waals surface area contributed by atoms with Crippen LogP contribution in [0.1, 0.15) is 49.9 Å². The summed E-state index contributed by atoms with van der Waals surface area (Å²) in [7, 11) is 0. The van der Waals surface area contributed by atoms with Gasteiger partial charge in [0.25, 0.3) is 5.91 Å². The lowest BCUT2D eigenvalue weighted by Crippen LogP contribution is -2.31. The van der Waals surface area contributed by atoms with Crippen LogP contribution in [0.15, 0.2) is 30.3 Å². The predicted octanol–water partition coefficient (Wildman–Crippen LogP) is 3.47. The smallest absolute Gasteiger partial charge is 0.325 e. The van der Waals surface area contributed by atoms with E-state index in [1.807, 2.05) is 40.7 Å². The predicted molar refractivity (Wildman–Crippen MR) is 111 cm³/mol. The fourth-order valence-electron chi connectivity index (χ4n) is 2.90. The van der Waals surface area contributed by atoms with Crippen LogP contribution in [0.4, 0.5) is 0 Å². The molecule has 0 bridgehead atoms. The normalized spacial score (nSPS) is 10.4. The van der Waals surface area contributed by atoms with Crippen molar-refractivity contribution >= 4 is 17.7 Å². The van der Waals surface area contributed by atoms with E-state index in [0.29, 0.717) is 23.5 Å². The van der Waals surface area contributed by atoms with Crippen molar-refractivity contribution in [1.29, 1.82) is 0 Å². The van der Waals surface area contributed by atoms with E-state index in [1.165, 1.54) is 0 Å². The van der Waals surface area contributed by atoms with E-state index in [1.54, 1.807) is 24.3 Å². The number of carbonyl (C=O) groups is 3. The molecule has 0 aromatic heterocycles. The first-order chi connectivity index (χ1) is 13.7. The van der Waals surface area contributed by atoms with E-state index in [4.69, 9.17) is 9.47 Å². The van der Waals surface area contributed by atoms with Gasteiger partial charge in [0.1, 0.15) is 12.3 Å². The minimum atomic E-state index is -0.671. The summed E-state index contributed by atoms with van der Waals surface area (Å²) < 4.78 is 10.4. The highest BCUT2D eigenvalue weighted by molar-refractivity contribution is 6.00. The van der Waals surface area contributed by atoms with Gasteiger partial charge in [0.15, 0.2) is 6.61 Å². The monoisotopic (exact) mass is 397 g/mol. The highest BCUT2D eigenvalue weighted by Crippen LogP contribution is 2.21. The van der Waals surface area contributed by atoms with Gasteiger partial charge >= 0.3 is 5.97 Å². The van der Waals surface area contributed by atoms with Crippen molar-refractivity contribution in [1.82, 2.24) is 5.32 Å². The molecule has 29 heavy (non-hydrogen) atoms. The van der Waals surface area contributed by atoms with Gasteiger partial charge in [-0.1, -0.05) is 0 Å². The number of aryl methyl sites for hydroxylation is 1. The molecule has 2 rings (SSSR count). The van der Waals surface area contributed by atoms with Gasteiger partial charge in [-0.15, -0.1) is 0 Å². The summed E-state index contributed by atoms with van der Waals surface area (Å²) in [6, 6.07) is 8.41. The van der Waals surface area contributed by atoms with Crippen LogP contribution in [0.3, 0.4) is 0 Å². The van der Waals surface area contributed by atoms with Crippen LogP contribution in [0.5, 0.6) is 5.75 Å². The third-order valence-corrected chi connectivity index (χ3v) is 4.97. The number of ether oxygens (including phenoxy) is 2. The molecule has 0 aliphatic heterocycles. The lowest BCUT2D eigenvalue weighted by atomic mass is 9.93. The number of hydrogen-bond acceptors (Lipinski definition) is 5. The molecule has 0 aliphatic carbocycles. The van der Waals surface area contributed by atoms with Crippen molar-refractivity contribution in [2.75, 3.05) is 19.8 Å². The number of hydrogen-bond donors (Lipinski definition) is 1.